The Bertz CT molecular complexity index is 850. The lowest BCUT2D eigenvalue weighted by molar-refractivity contribution is -0.118. The first-order chi connectivity index (χ1) is 10.6. The van der Waals surface area contributed by atoms with Crippen LogP contribution in [0.15, 0.2) is 59.7 Å². The molecule has 1 heterocycles. The van der Waals surface area contributed by atoms with E-state index in [-0.39, 0.29) is 12.5 Å². The van der Waals surface area contributed by atoms with Crippen molar-refractivity contribution in [3.63, 3.8) is 0 Å². The summed E-state index contributed by atoms with van der Waals surface area (Å²) in [5.41, 5.74) is 8.15. The van der Waals surface area contributed by atoms with Crippen LogP contribution in [-0.2, 0) is 11.3 Å². The number of carbonyl (C=O) groups excluding carboxylic acids is 1. The van der Waals surface area contributed by atoms with Crippen LogP contribution in [-0.4, -0.2) is 16.7 Å². The molecular formula is C17H14IN3O. The van der Waals surface area contributed by atoms with Crippen molar-refractivity contribution in [3.8, 4) is 0 Å². The molecule has 0 unspecified atom stereocenters. The van der Waals surface area contributed by atoms with Gasteiger partial charge in [-0.2, -0.15) is 0 Å². The summed E-state index contributed by atoms with van der Waals surface area (Å²) in [7, 11) is 0. The van der Waals surface area contributed by atoms with Crippen LogP contribution in [0.2, 0.25) is 0 Å². The first-order valence-electron chi connectivity index (χ1n) is 6.79. The van der Waals surface area contributed by atoms with Crippen LogP contribution in [0.25, 0.3) is 10.9 Å². The normalized spacial score (nSPS) is 11.3. The molecule has 0 saturated carbocycles. The Morgan fingerprint density at radius 1 is 1.18 bits per heavy atom. The van der Waals surface area contributed by atoms with Crippen molar-refractivity contribution in [2.75, 3.05) is 0 Å². The third kappa shape index (κ3) is 3.19. The average molecular weight is 403 g/mol. The Hall–Kier alpha value is -2.15. The van der Waals surface area contributed by atoms with Gasteiger partial charge in [0.2, 0.25) is 5.91 Å². The largest absolute Gasteiger partial charge is 0.368 e. The molecule has 22 heavy (non-hydrogen) atoms. The SMILES string of the molecule is NC(=O)Cn1cc(C=Nc2ccc(I)cc2)c2ccccc21. The van der Waals surface area contributed by atoms with Crippen molar-refractivity contribution in [1.82, 2.24) is 4.57 Å². The van der Waals surface area contributed by atoms with Crippen molar-refractivity contribution in [3.05, 3.63) is 63.9 Å². The molecule has 3 rings (SSSR count). The number of nitrogens with two attached hydrogens (primary N) is 1. The molecule has 0 spiro atoms. The number of primary amides is 1. The van der Waals surface area contributed by atoms with Crippen molar-refractivity contribution in [1.29, 1.82) is 0 Å². The summed E-state index contributed by atoms with van der Waals surface area (Å²) >= 11 is 2.26. The third-order valence-electron chi connectivity index (χ3n) is 3.32. The highest BCUT2D eigenvalue weighted by molar-refractivity contribution is 14.1. The third-order valence-corrected chi connectivity index (χ3v) is 4.04. The summed E-state index contributed by atoms with van der Waals surface area (Å²) in [6.07, 6.45) is 3.73. The van der Waals surface area contributed by atoms with Gasteiger partial charge in [0.05, 0.1) is 5.69 Å². The number of aliphatic imine (C=N–C) groups is 1. The number of rotatable bonds is 4. The predicted octanol–water partition coefficient (Wildman–Crippen LogP) is 3.48. The molecule has 2 aromatic carbocycles. The summed E-state index contributed by atoms with van der Waals surface area (Å²) in [4.78, 5) is 15.7. The van der Waals surface area contributed by atoms with Crippen LogP contribution in [0.5, 0.6) is 0 Å². The van der Waals surface area contributed by atoms with Gasteiger partial charge in [-0.05, 0) is 52.9 Å². The van der Waals surface area contributed by atoms with E-state index < -0.39 is 0 Å². The highest BCUT2D eigenvalue weighted by Gasteiger charge is 2.07. The number of fused-ring (bicyclic) bond motifs is 1. The average Bonchev–Trinajstić information content (AvgIpc) is 2.84. The zero-order valence-electron chi connectivity index (χ0n) is 11.7. The fourth-order valence-electron chi connectivity index (χ4n) is 2.35. The second-order valence-corrected chi connectivity index (χ2v) is 6.18. The minimum atomic E-state index is -0.359. The zero-order chi connectivity index (χ0) is 15.5. The number of hydrogen-bond acceptors (Lipinski definition) is 2. The second-order valence-electron chi connectivity index (χ2n) is 4.93. The Kier molecular flexibility index (Phi) is 4.24. The summed E-state index contributed by atoms with van der Waals surface area (Å²) < 4.78 is 3.03. The van der Waals surface area contributed by atoms with E-state index in [2.05, 4.69) is 27.6 Å². The fourth-order valence-corrected chi connectivity index (χ4v) is 2.71. The van der Waals surface area contributed by atoms with Gasteiger partial charge in [0.15, 0.2) is 0 Å². The Labute approximate surface area is 141 Å². The number of carbonyl (C=O) groups is 1. The standard InChI is InChI=1S/C17H14IN3O/c18-13-5-7-14(8-6-13)20-9-12-10-21(11-17(19)22)16-4-2-1-3-15(12)16/h1-10H,11H2,(H2,19,22). The number of halogens is 1. The smallest absolute Gasteiger partial charge is 0.237 e. The zero-order valence-corrected chi connectivity index (χ0v) is 13.9. The molecule has 0 aliphatic rings. The highest BCUT2D eigenvalue weighted by atomic mass is 127. The molecule has 110 valence electrons. The molecule has 0 atom stereocenters. The molecular weight excluding hydrogens is 389 g/mol. The number of nitrogens with zero attached hydrogens (tertiary/aromatic N) is 2. The van der Waals surface area contributed by atoms with Crippen LogP contribution in [0.1, 0.15) is 5.56 Å². The van der Waals surface area contributed by atoms with E-state index in [9.17, 15) is 4.79 Å². The van der Waals surface area contributed by atoms with Crippen molar-refractivity contribution < 1.29 is 4.79 Å². The van der Waals surface area contributed by atoms with Gasteiger partial charge in [-0.25, -0.2) is 0 Å². The summed E-state index contributed by atoms with van der Waals surface area (Å²) in [5.74, 6) is -0.359. The van der Waals surface area contributed by atoms with Gasteiger partial charge in [-0.15, -0.1) is 0 Å². The number of hydrogen-bond donors (Lipinski definition) is 1. The molecule has 0 aliphatic heterocycles. The lowest BCUT2D eigenvalue weighted by Crippen LogP contribution is -2.17. The first-order valence-corrected chi connectivity index (χ1v) is 7.87. The van der Waals surface area contributed by atoms with Gasteiger partial charge in [0.25, 0.3) is 0 Å². The lowest BCUT2D eigenvalue weighted by atomic mass is 10.2. The molecule has 4 nitrogen and oxygen atoms in total. The maximum absolute atomic E-state index is 11.2. The maximum Gasteiger partial charge on any atom is 0.237 e. The van der Waals surface area contributed by atoms with Gasteiger partial charge >= 0.3 is 0 Å². The summed E-state index contributed by atoms with van der Waals surface area (Å²) in [6.45, 7) is 0.165. The van der Waals surface area contributed by atoms with Crippen LogP contribution in [0.3, 0.4) is 0 Å². The number of benzene rings is 2. The molecule has 0 bridgehead atoms. The van der Waals surface area contributed by atoms with Crippen LogP contribution >= 0.6 is 22.6 Å². The van der Waals surface area contributed by atoms with E-state index in [4.69, 9.17) is 5.73 Å². The molecule has 1 aromatic heterocycles. The Morgan fingerprint density at radius 2 is 1.91 bits per heavy atom. The van der Waals surface area contributed by atoms with Gasteiger partial charge < -0.3 is 10.3 Å². The van der Waals surface area contributed by atoms with Crippen LogP contribution < -0.4 is 5.73 Å². The topological polar surface area (TPSA) is 60.4 Å². The van der Waals surface area contributed by atoms with Crippen LogP contribution in [0, 0.1) is 3.57 Å². The molecule has 1 amide bonds. The fraction of sp³-hybridized carbons (Fsp3) is 0.0588. The van der Waals surface area contributed by atoms with Crippen molar-refractivity contribution >= 4 is 51.3 Å². The minimum absolute atomic E-state index is 0.165. The van der Waals surface area contributed by atoms with E-state index >= 15 is 0 Å². The van der Waals surface area contributed by atoms with E-state index in [1.54, 1.807) is 0 Å². The molecule has 0 radical (unpaired) electrons. The van der Waals surface area contributed by atoms with Gasteiger partial charge in [0, 0.05) is 32.4 Å². The molecule has 5 heteroatoms. The van der Waals surface area contributed by atoms with Gasteiger partial charge in [-0.3, -0.25) is 9.79 Å². The van der Waals surface area contributed by atoms with Crippen molar-refractivity contribution in [2.24, 2.45) is 10.7 Å². The van der Waals surface area contributed by atoms with E-state index in [0.29, 0.717) is 0 Å². The predicted molar refractivity (Wildman–Crippen MR) is 97.5 cm³/mol. The first kappa shape index (κ1) is 14.8. The minimum Gasteiger partial charge on any atom is -0.368 e. The molecule has 3 aromatic rings. The molecule has 2 N–H and O–H groups in total. The highest BCUT2D eigenvalue weighted by Crippen LogP contribution is 2.21. The Balaban J connectivity index is 1.99. The summed E-state index contributed by atoms with van der Waals surface area (Å²) in [5, 5.41) is 1.05. The molecule has 0 saturated heterocycles. The second kappa shape index (κ2) is 6.31. The quantitative estimate of drug-likeness (QED) is 0.526. The van der Waals surface area contributed by atoms with E-state index in [1.165, 1.54) is 3.57 Å². The molecule has 0 fully saturated rings. The molecule has 0 aliphatic carbocycles. The van der Waals surface area contributed by atoms with E-state index in [0.717, 1.165) is 22.2 Å². The number of amides is 1. The number of aromatic nitrogens is 1. The van der Waals surface area contributed by atoms with E-state index in [1.807, 2.05) is 65.5 Å². The summed E-state index contributed by atoms with van der Waals surface area (Å²) in [6, 6.07) is 15.9. The monoisotopic (exact) mass is 403 g/mol. The van der Waals surface area contributed by atoms with Gasteiger partial charge in [-0.1, -0.05) is 18.2 Å². The number of para-hydroxylation sites is 1. The van der Waals surface area contributed by atoms with Crippen LogP contribution in [0.4, 0.5) is 5.69 Å². The lowest BCUT2D eigenvalue weighted by Gasteiger charge is -2.00. The van der Waals surface area contributed by atoms with Crippen molar-refractivity contribution in [2.45, 2.75) is 6.54 Å². The maximum atomic E-state index is 11.2. The Morgan fingerprint density at radius 3 is 2.64 bits per heavy atom. The van der Waals surface area contributed by atoms with Gasteiger partial charge in [0.1, 0.15) is 6.54 Å².